The molecule has 27 heavy (non-hydrogen) atoms. The van der Waals surface area contributed by atoms with Crippen molar-refractivity contribution in [1.82, 2.24) is 24.9 Å². The first kappa shape index (κ1) is 19.7. The Kier molecular flexibility index (Phi) is 6.73. The highest BCUT2D eigenvalue weighted by Gasteiger charge is 2.15. The van der Waals surface area contributed by atoms with Gasteiger partial charge in [-0.25, -0.2) is 9.50 Å². The average Bonchev–Trinajstić information content (AvgIpc) is 3.09. The molecule has 2 heterocycles. The lowest BCUT2D eigenvalue weighted by Gasteiger charge is -2.10. The van der Waals surface area contributed by atoms with Crippen molar-refractivity contribution in [2.45, 2.75) is 31.2 Å². The van der Waals surface area contributed by atoms with Gasteiger partial charge in [0.1, 0.15) is 0 Å². The second-order valence-electron chi connectivity index (χ2n) is 6.14. The van der Waals surface area contributed by atoms with E-state index in [1.807, 2.05) is 50.1 Å². The number of benzene rings is 1. The Hall–Kier alpha value is -2.06. The van der Waals surface area contributed by atoms with Crippen molar-refractivity contribution in [3.05, 3.63) is 52.8 Å². The van der Waals surface area contributed by atoms with Gasteiger partial charge >= 0.3 is 0 Å². The molecular formula is C19H23N5OS2. The smallest absolute Gasteiger partial charge is 0.253 e. The van der Waals surface area contributed by atoms with Crippen LogP contribution in [0.4, 0.5) is 0 Å². The summed E-state index contributed by atoms with van der Waals surface area (Å²) < 4.78 is 1.72. The van der Waals surface area contributed by atoms with E-state index in [0.29, 0.717) is 23.9 Å². The van der Waals surface area contributed by atoms with Crippen molar-refractivity contribution in [2.75, 3.05) is 18.6 Å². The Morgan fingerprint density at radius 1 is 1.19 bits per heavy atom. The number of nitrogens with one attached hydrogen (secondary N) is 1. The molecule has 0 fully saturated rings. The highest BCUT2D eigenvalue weighted by atomic mass is 32.2. The molecule has 6 nitrogen and oxygen atoms in total. The Morgan fingerprint density at radius 2 is 1.96 bits per heavy atom. The minimum absolute atomic E-state index is 0.00728. The predicted octanol–water partition coefficient (Wildman–Crippen LogP) is 3.06. The van der Waals surface area contributed by atoms with Crippen molar-refractivity contribution in [3.63, 3.8) is 0 Å². The Labute approximate surface area is 167 Å². The number of amides is 1. The van der Waals surface area contributed by atoms with Crippen LogP contribution in [0.15, 0.2) is 35.5 Å². The van der Waals surface area contributed by atoms with Crippen molar-refractivity contribution in [2.24, 2.45) is 0 Å². The molecule has 8 heteroatoms. The predicted molar refractivity (Wildman–Crippen MR) is 111 cm³/mol. The number of aromatic nitrogens is 4. The number of carbonyl (C=O) groups excluding carboxylic acids is 1. The standard InChI is InChI=1S/C19H23N5OS2/c1-13-16(14(2)24-18(21-13)22-19(23-24)26-3)11-17(25)20-9-10-27-12-15-7-5-4-6-8-15/h4-8H,9-12H2,1-3H3,(H,20,25). The maximum atomic E-state index is 12.3. The first-order valence-corrected chi connectivity index (χ1v) is 11.1. The van der Waals surface area contributed by atoms with E-state index in [1.54, 1.807) is 4.52 Å². The van der Waals surface area contributed by atoms with Crippen LogP contribution < -0.4 is 5.32 Å². The van der Waals surface area contributed by atoms with E-state index in [9.17, 15) is 4.79 Å². The number of hydrogen-bond donors (Lipinski definition) is 1. The normalized spacial score (nSPS) is 11.1. The Bertz CT molecular complexity index is 927. The number of hydrogen-bond acceptors (Lipinski definition) is 6. The third-order valence-corrected chi connectivity index (χ3v) is 5.80. The average molecular weight is 402 g/mol. The number of thioether (sulfide) groups is 2. The van der Waals surface area contributed by atoms with Gasteiger partial charge in [0.25, 0.3) is 5.78 Å². The molecule has 1 amide bonds. The first-order chi connectivity index (χ1) is 13.1. The molecule has 1 N–H and O–H groups in total. The van der Waals surface area contributed by atoms with Crippen LogP contribution in [0.2, 0.25) is 0 Å². The molecule has 0 saturated carbocycles. The molecule has 0 atom stereocenters. The second kappa shape index (κ2) is 9.23. The number of rotatable bonds is 8. The molecule has 3 rings (SSSR count). The highest BCUT2D eigenvalue weighted by Crippen LogP contribution is 2.17. The van der Waals surface area contributed by atoms with Gasteiger partial charge in [-0.1, -0.05) is 42.1 Å². The highest BCUT2D eigenvalue weighted by molar-refractivity contribution is 7.98. The molecule has 1 aromatic carbocycles. The van der Waals surface area contributed by atoms with Crippen molar-refractivity contribution < 1.29 is 4.79 Å². The molecule has 0 unspecified atom stereocenters. The zero-order valence-corrected chi connectivity index (χ0v) is 17.4. The summed E-state index contributed by atoms with van der Waals surface area (Å²) in [6, 6.07) is 10.3. The van der Waals surface area contributed by atoms with Gasteiger partial charge in [-0.2, -0.15) is 16.7 Å². The fourth-order valence-electron chi connectivity index (χ4n) is 2.78. The van der Waals surface area contributed by atoms with E-state index < -0.39 is 0 Å². The van der Waals surface area contributed by atoms with E-state index in [2.05, 4.69) is 32.5 Å². The van der Waals surface area contributed by atoms with Crippen LogP contribution in [0.25, 0.3) is 5.78 Å². The van der Waals surface area contributed by atoms with Crippen LogP contribution in [-0.2, 0) is 17.0 Å². The summed E-state index contributed by atoms with van der Waals surface area (Å²) >= 11 is 3.29. The second-order valence-corrected chi connectivity index (χ2v) is 8.01. The van der Waals surface area contributed by atoms with Gasteiger partial charge in [0.15, 0.2) is 0 Å². The fourth-order valence-corrected chi connectivity index (χ4v) is 3.94. The third-order valence-electron chi connectivity index (χ3n) is 4.23. The summed E-state index contributed by atoms with van der Waals surface area (Å²) in [7, 11) is 0. The quantitative estimate of drug-likeness (QED) is 0.462. The molecule has 142 valence electrons. The topological polar surface area (TPSA) is 72.2 Å². The Balaban J connectivity index is 1.53. The largest absolute Gasteiger partial charge is 0.355 e. The molecule has 0 aliphatic heterocycles. The minimum atomic E-state index is 0.00728. The summed E-state index contributed by atoms with van der Waals surface area (Å²) in [5.41, 5.74) is 3.96. The number of aryl methyl sites for hydroxylation is 2. The molecular weight excluding hydrogens is 378 g/mol. The maximum absolute atomic E-state index is 12.3. The molecule has 0 spiro atoms. The summed E-state index contributed by atoms with van der Waals surface area (Å²) in [4.78, 5) is 21.2. The van der Waals surface area contributed by atoms with Crippen molar-refractivity contribution in [1.29, 1.82) is 0 Å². The van der Waals surface area contributed by atoms with Crippen LogP contribution in [0.1, 0.15) is 22.5 Å². The molecule has 3 aromatic rings. The van der Waals surface area contributed by atoms with Crippen LogP contribution in [0.3, 0.4) is 0 Å². The lowest BCUT2D eigenvalue weighted by atomic mass is 10.1. The molecule has 0 aliphatic rings. The van der Waals surface area contributed by atoms with Gasteiger partial charge in [0, 0.05) is 35.0 Å². The summed E-state index contributed by atoms with van der Waals surface area (Å²) in [6.45, 7) is 4.53. The van der Waals surface area contributed by atoms with E-state index >= 15 is 0 Å². The molecule has 0 bridgehead atoms. The van der Waals surface area contributed by atoms with E-state index in [-0.39, 0.29) is 5.91 Å². The zero-order valence-electron chi connectivity index (χ0n) is 15.7. The third kappa shape index (κ3) is 5.01. The summed E-state index contributed by atoms with van der Waals surface area (Å²) in [5, 5.41) is 8.11. The SMILES string of the molecule is CSc1nc2nc(C)c(CC(=O)NCCSCc3ccccc3)c(C)n2n1. The van der Waals surface area contributed by atoms with Crippen LogP contribution in [-0.4, -0.2) is 44.0 Å². The molecule has 0 saturated heterocycles. The van der Waals surface area contributed by atoms with Crippen LogP contribution in [0.5, 0.6) is 0 Å². The monoisotopic (exact) mass is 401 g/mol. The van der Waals surface area contributed by atoms with Gasteiger partial charge in [0.05, 0.1) is 6.42 Å². The molecule has 2 aromatic heterocycles. The molecule has 0 radical (unpaired) electrons. The van der Waals surface area contributed by atoms with E-state index in [0.717, 1.165) is 28.5 Å². The van der Waals surface area contributed by atoms with Crippen molar-refractivity contribution >= 4 is 35.2 Å². The number of nitrogens with zero attached hydrogens (tertiary/aromatic N) is 4. The fraction of sp³-hybridized carbons (Fsp3) is 0.368. The van der Waals surface area contributed by atoms with Gasteiger partial charge in [-0.3, -0.25) is 4.79 Å². The number of carbonyl (C=O) groups is 1. The zero-order chi connectivity index (χ0) is 19.2. The lowest BCUT2D eigenvalue weighted by molar-refractivity contribution is -0.120. The van der Waals surface area contributed by atoms with Gasteiger partial charge in [-0.05, 0) is 25.7 Å². The van der Waals surface area contributed by atoms with Gasteiger partial charge in [-0.15, -0.1) is 5.10 Å². The van der Waals surface area contributed by atoms with Crippen LogP contribution in [0, 0.1) is 13.8 Å². The van der Waals surface area contributed by atoms with Crippen molar-refractivity contribution in [3.8, 4) is 0 Å². The lowest BCUT2D eigenvalue weighted by Crippen LogP contribution is -2.28. The maximum Gasteiger partial charge on any atom is 0.253 e. The number of fused-ring (bicyclic) bond motifs is 1. The first-order valence-electron chi connectivity index (χ1n) is 8.73. The molecule has 0 aliphatic carbocycles. The van der Waals surface area contributed by atoms with Gasteiger partial charge in [0.2, 0.25) is 11.1 Å². The Morgan fingerprint density at radius 3 is 2.70 bits per heavy atom. The van der Waals surface area contributed by atoms with Gasteiger partial charge < -0.3 is 5.32 Å². The van der Waals surface area contributed by atoms with E-state index in [4.69, 9.17) is 0 Å². The van der Waals surface area contributed by atoms with Crippen LogP contribution >= 0.6 is 23.5 Å². The van der Waals surface area contributed by atoms with E-state index in [1.165, 1.54) is 17.3 Å². The summed E-state index contributed by atoms with van der Waals surface area (Å²) in [5.74, 6) is 2.43. The summed E-state index contributed by atoms with van der Waals surface area (Å²) in [6.07, 6.45) is 2.24. The minimum Gasteiger partial charge on any atom is -0.355 e.